The number of nitrogens with one attached hydrogen (secondary N) is 1. The van der Waals surface area contributed by atoms with Gasteiger partial charge in [-0.15, -0.1) is 11.3 Å². The van der Waals surface area contributed by atoms with Gasteiger partial charge in [-0.25, -0.2) is 4.98 Å². The molecular formula is C23H17ClF3N3O3S. The van der Waals surface area contributed by atoms with E-state index in [1.165, 1.54) is 20.3 Å². The highest BCUT2D eigenvalue weighted by atomic mass is 35.5. The Kier molecular flexibility index (Phi) is 6.28. The van der Waals surface area contributed by atoms with Gasteiger partial charge in [0.15, 0.2) is 11.5 Å². The number of thiophene rings is 1. The monoisotopic (exact) mass is 507 g/mol. The van der Waals surface area contributed by atoms with Crippen molar-refractivity contribution in [1.29, 1.82) is 0 Å². The van der Waals surface area contributed by atoms with Gasteiger partial charge in [0.2, 0.25) is 0 Å². The molecule has 0 atom stereocenters. The average molecular weight is 508 g/mol. The van der Waals surface area contributed by atoms with Gasteiger partial charge in [0.25, 0.3) is 5.91 Å². The van der Waals surface area contributed by atoms with Crippen LogP contribution >= 0.6 is 22.9 Å². The van der Waals surface area contributed by atoms with Crippen LogP contribution < -0.4 is 20.5 Å². The minimum absolute atomic E-state index is 0.0578. The number of aromatic nitrogens is 1. The summed E-state index contributed by atoms with van der Waals surface area (Å²) in [4.78, 5) is 18.0. The van der Waals surface area contributed by atoms with Crippen molar-refractivity contribution >= 4 is 50.4 Å². The van der Waals surface area contributed by atoms with Crippen molar-refractivity contribution < 1.29 is 27.4 Å². The lowest BCUT2D eigenvalue weighted by molar-refractivity contribution is -0.137. The van der Waals surface area contributed by atoms with E-state index in [4.69, 9.17) is 26.8 Å². The van der Waals surface area contributed by atoms with E-state index in [1.807, 2.05) is 6.07 Å². The molecule has 0 aliphatic rings. The number of nitrogens with zero attached hydrogens (tertiary/aromatic N) is 1. The van der Waals surface area contributed by atoms with Crippen LogP contribution in [0.25, 0.3) is 21.5 Å². The van der Waals surface area contributed by atoms with Crippen LogP contribution in [-0.4, -0.2) is 25.1 Å². The molecule has 0 spiro atoms. The van der Waals surface area contributed by atoms with Crippen molar-refractivity contribution in [2.24, 2.45) is 0 Å². The number of ether oxygens (including phenoxy) is 2. The molecule has 2 aromatic carbocycles. The zero-order valence-corrected chi connectivity index (χ0v) is 19.4. The van der Waals surface area contributed by atoms with E-state index in [2.05, 4.69) is 10.3 Å². The average Bonchev–Trinajstić information content (AvgIpc) is 3.15. The molecule has 4 aromatic rings. The van der Waals surface area contributed by atoms with Gasteiger partial charge in [-0.05, 0) is 48.5 Å². The molecule has 176 valence electrons. The molecule has 0 saturated carbocycles. The number of hydrogen-bond donors (Lipinski definition) is 2. The molecule has 34 heavy (non-hydrogen) atoms. The Hall–Kier alpha value is -3.50. The fourth-order valence-electron chi connectivity index (χ4n) is 3.33. The third-order valence-electron chi connectivity index (χ3n) is 5.01. The van der Waals surface area contributed by atoms with Gasteiger partial charge in [0, 0.05) is 16.6 Å². The van der Waals surface area contributed by atoms with Crippen LogP contribution in [0, 0.1) is 0 Å². The molecule has 3 N–H and O–H groups in total. The van der Waals surface area contributed by atoms with Crippen molar-refractivity contribution in [3.63, 3.8) is 0 Å². The van der Waals surface area contributed by atoms with Gasteiger partial charge in [-0.3, -0.25) is 4.79 Å². The summed E-state index contributed by atoms with van der Waals surface area (Å²) in [5.41, 5.74) is 6.63. The Morgan fingerprint density at radius 2 is 1.79 bits per heavy atom. The summed E-state index contributed by atoms with van der Waals surface area (Å²) in [6.45, 7) is 0. The van der Waals surface area contributed by atoms with Gasteiger partial charge in [-0.2, -0.15) is 13.2 Å². The predicted molar refractivity (Wildman–Crippen MR) is 127 cm³/mol. The SMILES string of the molecule is COc1ccc(-c2ccc3c(N)c(C(=O)Nc4ccc(Cl)c(C(F)(F)F)c4)sc3n2)cc1OC. The number of hydrogen-bond acceptors (Lipinski definition) is 6. The largest absolute Gasteiger partial charge is 0.493 e. The number of carbonyl (C=O) groups excluding carboxylic acids is 1. The molecule has 0 bridgehead atoms. The normalized spacial score (nSPS) is 11.5. The van der Waals surface area contributed by atoms with Gasteiger partial charge >= 0.3 is 6.18 Å². The summed E-state index contributed by atoms with van der Waals surface area (Å²) in [6, 6.07) is 12.0. The standard InChI is InChI=1S/C23H17ClF3N3O3S/c1-32-17-8-3-11(9-18(17)33-2)16-7-5-13-19(28)20(34-22(13)30-16)21(31)29-12-4-6-15(24)14(10-12)23(25,26)27/h3-10H,28H2,1-2H3,(H,29,31). The Balaban J connectivity index is 1.66. The molecule has 0 saturated heterocycles. The molecule has 1 amide bonds. The van der Waals surface area contributed by atoms with Crippen molar-refractivity contribution in [3.05, 3.63) is 64.0 Å². The molecule has 4 rings (SSSR count). The molecule has 11 heteroatoms. The highest BCUT2D eigenvalue weighted by Gasteiger charge is 2.33. The van der Waals surface area contributed by atoms with Gasteiger partial charge < -0.3 is 20.5 Å². The van der Waals surface area contributed by atoms with E-state index in [0.29, 0.717) is 27.4 Å². The quantitative estimate of drug-likeness (QED) is 0.322. The first-order chi connectivity index (χ1) is 16.1. The van der Waals surface area contributed by atoms with E-state index in [1.54, 1.807) is 24.3 Å². The number of benzene rings is 2. The molecular weight excluding hydrogens is 491 g/mol. The maximum Gasteiger partial charge on any atom is 0.417 e. The van der Waals surface area contributed by atoms with Crippen molar-refractivity contribution in [3.8, 4) is 22.8 Å². The van der Waals surface area contributed by atoms with Crippen LogP contribution in [0.15, 0.2) is 48.5 Å². The Morgan fingerprint density at radius 3 is 2.47 bits per heavy atom. The molecule has 2 aromatic heterocycles. The Morgan fingerprint density at radius 1 is 1.06 bits per heavy atom. The number of rotatable bonds is 5. The zero-order valence-electron chi connectivity index (χ0n) is 17.8. The Bertz CT molecular complexity index is 1410. The topological polar surface area (TPSA) is 86.5 Å². The van der Waals surface area contributed by atoms with Crippen molar-refractivity contribution in [1.82, 2.24) is 4.98 Å². The van der Waals surface area contributed by atoms with Gasteiger partial charge in [0.05, 0.1) is 36.2 Å². The lowest BCUT2D eigenvalue weighted by atomic mass is 10.1. The van der Waals surface area contributed by atoms with E-state index in [-0.39, 0.29) is 16.3 Å². The molecule has 0 aliphatic carbocycles. The van der Waals surface area contributed by atoms with E-state index >= 15 is 0 Å². The zero-order chi connectivity index (χ0) is 24.6. The summed E-state index contributed by atoms with van der Waals surface area (Å²) in [7, 11) is 3.07. The number of amides is 1. The van der Waals surface area contributed by atoms with Crippen molar-refractivity contribution in [2.75, 3.05) is 25.3 Å². The number of carbonyl (C=O) groups is 1. The fraction of sp³-hybridized carbons (Fsp3) is 0.130. The minimum Gasteiger partial charge on any atom is -0.493 e. The van der Waals surface area contributed by atoms with Crippen molar-refractivity contribution in [2.45, 2.75) is 6.18 Å². The first kappa shape index (κ1) is 23.7. The number of anilines is 2. The lowest BCUT2D eigenvalue weighted by Gasteiger charge is -2.11. The Labute approximate surface area is 201 Å². The summed E-state index contributed by atoms with van der Waals surface area (Å²) in [6.07, 6.45) is -4.65. The van der Waals surface area contributed by atoms with Gasteiger partial charge in [0.1, 0.15) is 9.71 Å². The molecule has 0 unspecified atom stereocenters. The van der Waals surface area contributed by atoms with Crippen LogP contribution in [0.4, 0.5) is 24.5 Å². The highest BCUT2D eigenvalue weighted by molar-refractivity contribution is 7.21. The second-order valence-electron chi connectivity index (χ2n) is 7.11. The summed E-state index contributed by atoms with van der Waals surface area (Å²) in [5, 5.41) is 2.55. The predicted octanol–water partition coefficient (Wildman–Crippen LogP) is 6.49. The number of halogens is 4. The third-order valence-corrected chi connectivity index (χ3v) is 6.45. The summed E-state index contributed by atoms with van der Waals surface area (Å²) < 4.78 is 49.9. The van der Waals surface area contributed by atoms with E-state index < -0.39 is 22.7 Å². The molecule has 6 nitrogen and oxygen atoms in total. The van der Waals surface area contributed by atoms with Crippen LogP contribution in [0.5, 0.6) is 11.5 Å². The van der Waals surface area contributed by atoms with Crippen LogP contribution in [0.1, 0.15) is 15.2 Å². The molecule has 2 heterocycles. The molecule has 0 radical (unpaired) electrons. The smallest absolute Gasteiger partial charge is 0.417 e. The third kappa shape index (κ3) is 4.46. The number of fused-ring (bicyclic) bond motifs is 1. The number of pyridine rings is 1. The fourth-order valence-corrected chi connectivity index (χ4v) is 4.54. The number of alkyl halides is 3. The number of methoxy groups -OCH3 is 2. The molecule has 0 aliphatic heterocycles. The van der Waals surface area contributed by atoms with E-state index in [0.717, 1.165) is 29.0 Å². The van der Waals surface area contributed by atoms with Crippen LogP contribution in [0.2, 0.25) is 5.02 Å². The summed E-state index contributed by atoms with van der Waals surface area (Å²) >= 11 is 6.68. The number of nitrogens with two attached hydrogens (primary N) is 1. The lowest BCUT2D eigenvalue weighted by Crippen LogP contribution is -2.13. The first-order valence-corrected chi connectivity index (χ1v) is 10.9. The molecule has 0 fully saturated rings. The second-order valence-corrected chi connectivity index (χ2v) is 8.52. The highest BCUT2D eigenvalue weighted by Crippen LogP contribution is 2.38. The van der Waals surface area contributed by atoms with E-state index in [9.17, 15) is 18.0 Å². The second kappa shape index (κ2) is 9.03. The van der Waals surface area contributed by atoms with Crippen LogP contribution in [0.3, 0.4) is 0 Å². The first-order valence-electron chi connectivity index (χ1n) is 9.72. The van der Waals surface area contributed by atoms with Crippen LogP contribution in [-0.2, 0) is 6.18 Å². The summed E-state index contributed by atoms with van der Waals surface area (Å²) in [5.74, 6) is 0.458. The maximum atomic E-state index is 13.1. The number of nitrogen functional groups attached to an aromatic ring is 1. The maximum absolute atomic E-state index is 13.1. The minimum atomic E-state index is -4.65. The van der Waals surface area contributed by atoms with Gasteiger partial charge in [-0.1, -0.05) is 11.6 Å².